The average molecular weight is 508 g/mol. The number of hydrogen-bond donors (Lipinski definition) is 0. The zero-order valence-corrected chi connectivity index (χ0v) is 21.9. The largest absolute Gasteiger partial charge is 0.464 e. The van der Waals surface area contributed by atoms with Crippen LogP contribution in [0.25, 0.3) is 0 Å². The summed E-state index contributed by atoms with van der Waals surface area (Å²) in [6.45, 7) is 4.27. The van der Waals surface area contributed by atoms with E-state index in [0.717, 1.165) is 11.3 Å². The summed E-state index contributed by atoms with van der Waals surface area (Å²) in [6.07, 6.45) is 0. The lowest BCUT2D eigenvalue weighted by molar-refractivity contribution is -0.141. The van der Waals surface area contributed by atoms with Crippen LogP contribution in [0.15, 0.2) is 115 Å². The van der Waals surface area contributed by atoms with E-state index in [4.69, 9.17) is 9.47 Å². The molecule has 38 heavy (non-hydrogen) atoms. The van der Waals surface area contributed by atoms with Crippen LogP contribution in [0.3, 0.4) is 0 Å². The number of esters is 2. The highest BCUT2D eigenvalue weighted by atomic mass is 16.5. The number of benzene rings is 4. The van der Waals surface area contributed by atoms with Crippen molar-refractivity contribution in [2.75, 3.05) is 31.2 Å². The van der Waals surface area contributed by atoms with Crippen LogP contribution in [-0.2, 0) is 24.5 Å². The first-order valence-electron chi connectivity index (χ1n) is 12.8. The first-order chi connectivity index (χ1) is 18.5. The van der Waals surface area contributed by atoms with Gasteiger partial charge in [0.2, 0.25) is 0 Å². The van der Waals surface area contributed by atoms with E-state index in [1.807, 2.05) is 18.2 Å². The van der Waals surface area contributed by atoms with Crippen LogP contribution in [0.2, 0.25) is 0 Å². The number of rotatable bonds is 11. The van der Waals surface area contributed by atoms with E-state index in [-0.39, 0.29) is 25.2 Å². The smallest absolute Gasteiger partial charge is 0.302 e. The molecule has 0 N–H and O–H groups in total. The Labute approximate surface area is 224 Å². The molecule has 0 unspecified atom stereocenters. The van der Waals surface area contributed by atoms with Gasteiger partial charge < -0.3 is 14.4 Å². The molecule has 0 fully saturated rings. The molecule has 5 heteroatoms. The van der Waals surface area contributed by atoms with Crippen LogP contribution >= 0.6 is 0 Å². The molecule has 0 aromatic heterocycles. The summed E-state index contributed by atoms with van der Waals surface area (Å²) in [4.78, 5) is 24.7. The topological polar surface area (TPSA) is 55.8 Å². The molecule has 0 saturated carbocycles. The Hall–Kier alpha value is -4.38. The molecule has 5 nitrogen and oxygen atoms in total. The predicted molar refractivity (Wildman–Crippen MR) is 150 cm³/mol. The van der Waals surface area contributed by atoms with Gasteiger partial charge >= 0.3 is 11.9 Å². The molecule has 0 aliphatic carbocycles. The SMILES string of the molecule is CC(=O)OCCN(CCOC(C)=O)c1ccc(C(c2ccccc2)(c2ccccc2)c2ccccc2)cc1. The minimum absolute atomic E-state index is 0.249. The first kappa shape index (κ1) is 26.7. The van der Waals surface area contributed by atoms with Gasteiger partial charge in [0.25, 0.3) is 0 Å². The van der Waals surface area contributed by atoms with E-state index in [0.29, 0.717) is 13.1 Å². The maximum Gasteiger partial charge on any atom is 0.302 e. The molecule has 0 aliphatic rings. The van der Waals surface area contributed by atoms with Crippen molar-refractivity contribution < 1.29 is 19.1 Å². The Morgan fingerprint density at radius 1 is 0.553 bits per heavy atom. The fourth-order valence-corrected chi connectivity index (χ4v) is 4.96. The molecule has 4 rings (SSSR count). The average Bonchev–Trinajstić information content (AvgIpc) is 2.94. The van der Waals surface area contributed by atoms with Crippen LogP contribution < -0.4 is 4.90 Å². The second-order valence-electron chi connectivity index (χ2n) is 9.06. The quantitative estimate of drug-likeness (QED) is 0.184. The van der Waals surface area contributed by atoms with Gasteiger partial charge in [-0.05, 0) is 34.4 Å². The molecule has 0 bridgehead atoms. The number of nitrogens with zero attached hydrogens (tertiary/aromatic N) is 1. The molecular formula is C33H33NO4. The van der Waals surface area contributed by atoms with E-state index in [2.05, 4.69) is 102 Å². The summed E-state index contributed by atoms with van der Waals surface area (Å²) >= 11 is 0. The molecule has 0 atom stereocenters. The van der Waals surface area contributed by atoms with Crippen molar-refractivity contribution in [2.45, 2.75) is 19.3 Å². The Morgan fingerprint density at radius 3 is 1.24 bits per heavy atom. The van der Waals surface area contributed by atoms with Crippen molar-refractivity contribution in [1.82, 2.24) is 0 Å². The van der Waals surface area contributed by atoms with Crippen LogP contribution in [0.1, 0.15) is 36.1 Å². The van der Waals surface area contributed by atoms with Gasteiger partial charge in [-0.15, -0.1) is 0 Å². The van der Waals surface area contributed by atoms with Crippen LogP contribution in [0.4, 0.5) is 5.69 Å². The molecule has 0 radical (unpaired) electrons. The Morgan fingerprint density at radius 2 is 0.895 bits per heavy atom. The summed E-state index contributed by atoms with van der Waals surface area (Å²) in [5.41, 5.74) is 5.08. The highest BCUT2D eigenvalue weighted by Crippen LogP contribution is 2.45. The third-order valence-electron chi connectivity index (χ3n) is 6.62. The summed E-state index contributed by atoms with van der Waals surface area (Å²) in [7, 11) is 0. The second kappa shape index (κ2) is 12.7. The van der Waals surface area contributed by atoms with Crippen molar-refractivity contribution in [3.8, 4) is 0 Å². The predicted octanol–water partition coefficient (Wildman–Crippen LogP) is 6.00. The normalized spacial score (nSPS) is 11.0. The molecule has 0 heterocycles. The lowest BCUT2D eigenvalue weighted by Gasteiger charge is -2.37. The molecular weight excluding hydrogens is 474 g/mol. The number of hydrogen-bond acceptors (Lipinski definition) is 5. The van der Waals surface area contributed by atoms with Crippen molar-refractivity contribution in [2.24, 2.45) is 0 Å². The molecule has 4 aromatic carbocycles. The van der Waals surface area contributed by atoms with Gasteiger partial charge in [0.15, 0.2) is 0 Å². The number of ether oxygens (including phenoxy) is 2. The van der Waals surface area contributed by atoms with E-state index in [1.54, 1.807) is 0 Å². The van der Waals surface area contributed by atoms with Gasteiger partial charge in [0.05, 0.1) is 18.5 Å². The molecule has 0 aliphatic heterocycles. The molecule has 0 spiro atoms. The highest BCUT2D eigenvalue weighted by Gasteiger charge is 2.38. The third kappa shape index (κ3) is 6.12. The number of carbonyl (C=O) groups is 2. The fourth-order valence-electron chi connectivity index (χ4n) is 4.96. The molecule has 0 saturated heterocycles. The van der Waals surface area contributed by atoms with Crippen LogP contribution in [0, 0.1) is 0 Å². The van der Waals surface area contributed by atoms with E-state index in [1.165, 1.54) is 30.5 Å². The van der Waals surface area contributed by atoms with E-state index in [9.17, 15) is 9.59 Å². The van der Waals surface area contributed by atoms with Gasteiger partial charge in [0.1, 0.15) is 13.2 Å². The zero-order valence-electron chi connectivity index (χ0n) is 21.9. The molecule has 194 valence electrons. The van der Waals surface area contributed by atoms with Gasteiger partial charge in [-0.1, -0.05) is 103 Å². The standard InChI is InChI=1S/C33H33NO4/c1-26(35)37-24-22-34(23-25-38-27(2)36)32-20-18-31(19-21-32)33(28-12-6-3-7-13-28,29-14-8-4-9-15-29)30-16-10-5-11-17-30/h3-21H,22-25H2,1-2H3. The Balaban J connectivity index is 1.79. The summed E-state index contributed by atoms with van der Waals surface area (Å²) < 4.78 is 10.4. The monoisotopic (exact) mass is 507 g/mol. The Kier molecular flexibility index (Phi) is 8.94. The third-order valence-corrected chi connectivity index (χ3v) is 6.62. The van der Waals surface area contributed by atoms with Gasteiger partial charge in [0, 0.05) is 19.5 Å². The van der Waals surface area contributed by atoms with Crippen molar-refractivity contribution in [3.05, 3.63) is 138 Å². The lowest BCUT2D eigenvalue weighted by atomic mass is 9.65. The minimum atomic E-state index is -0.525. The molecule has 0 amide bonds. The lowest BCUT2D eigenvalue weighted by Crippen LogP contribution is -2.33. The van der Waals surface area contributed by atoms with Crippen LogP contribution in [-0.4, -0.2) is 38.2 Å². The van der Waals surface area contributed by atoms with Crippen molar-refractivity contribution >= 4 is 17.6 Å². The second-order valence-corrected chi connectivity index (χ2v) is 9.06. The van der Waals surface area contributed by atoms with Crippen molar-refractivity contribution in [1.29, 1.82) is 0 Å². The van der Waals surface area contributed by atoms with Gasteiger partial charge in [-0.25, -0.2) is 0 Å². The highest BCUT2D eigenvalue weighted by molar-refractivity contribution is 5.66. The summed E-state index contributed by atoms with van der Waals surface area (Å²) in [6, 6.07) is 40.2. The fraction of sp³-hybridized carbons (Fsp3) is 0.212. The number of carbonyl (C=O) groups excluding carboxylic acids is 2. The molecule has 4 aromatic rings. The summed E-state index contributed by atoms with van der Waals surface area (Å²) in [5, 5.41) is 0. The van der Waals surface area contributed by atoms with Gasteiger partial charge in [-0.3, -0.25) is 9.59 Å². The zero-order chi connectivity index (χ0) is 26.8. The maximum atomic E-state index is 11.3. The minimum Gasteiger partial charge on any atom is -0.464 e. The van der Waals surface area contributed by atoms with E-state index >= 15 is 0 Å². The summed E-state index contributed by atoms with van der Waals surface area (Å²) in [5.74, 6) is -0.641. The van der Waals surface area contributed by atoms with Crippen LogP contribution in [0.5, 0.6) is 0 Å². The van der Waals surface area contributed by atoms with Gasteiger partial charge in [-0.2, -0.15) is 0 Å². The number of anilines is 1. The first-order valence-corrected chi connectivity index (χ1v) is 12.8. The van der Waals surface area contributed by atoms with E-state index < -0.39 is 5.41 Å². The van der Waals surface area contributed by atoms with Crippen molar-refractivity contribution in [3.63, 3.8) is 0 Å². The Bertz CT molecular complexity index is 1190. The maximum absolute atomic E-state index is 11.3.